The largest absolute Gasteiger partial charge is 0.296 e. The standard InChI is InChI=1S/C13H26N6/c1-4-13(5-2,19-8-6-7-9-19)12(16-14)11-10-15-17-18(11)3/h10,12,16H,4-9,14H2,1-3H3. The number of hydrogen-bond donors (Lipinski definition) is 2. The second kappa shape index (κ2) is 5.98. The van der Waals surface area contributed by atoms with Gasteiger partial charge in [-0.3, -0.25) is 15.4 Å². The molecule has 19 heavy (non-hydrogen) atoms. The van der Waals surface area contributed by atoms with Crippen molar-refractivity contribution in [3.8, 4) is 0 Å². The molecule has 1 saturated heterocycles. The van der Waals surface area contributed by atoms with Crippen molar-refractivity contribution >= 4 is 0 Å². The Bertz CT molecular complexity index is 392. The second-order valence-corrected chi connectivity index (χ2v) is 5.39. The predicted octanol–water partition coefficient (Wildman–Crippen LogP) is 0.974. The summed E-state index contributed by atoms with van der Waals surface area (Å²) >= 11 is 0. The molecule has 1 fully saturated rings. The Labute approximate surface area is 115 Å². The molecule has 2 rings (SSSR count). The molecular weight excluding hydrogens is 240 g/mol. The van der Waals surface area contributed by atoms with Crippen molar-refractivity contribution in [1.29, 1.82) is 0 Å². The van der Waals surface area contributed by atoms with Crippen molar-refractivity contribution < 1.29 is 0 Å². The van der Waals surface area contributed by atoms with E-state index in [0.717, 1.165) is 31.6 Å². The van der Waals surface area contributed by atoms with E-state index in [1.54, 1.807) is 0 Å². The van der Waals surface area contributed by atoms with Gasteiger partial charge in [0, 0.05) is 12.6 Å². The summed E-state index contributed by atoms with van der Waals surface area (Å²) in [5.41, 5.74) is 4.12. The number of hydrazine groups is 1. The number of aryl methyl sites for hydroxylation is 1. The van der Waals surface area contributed by atoms with Crippen molar-refractivity contribution in [1.82, 2.24) is 25.3 Å². The van der Waals surface area contributed by atoms with E-state index < -0.39 is 0 Å². The first-order valence-electron chi connectivity index (χ1n) is 7.25. The van der Waals surface area contributed by atoms with Crippen LogP contribution in [0.25, 0.3) is 0 Å². The topological polar surface area (TPSA) is 72.0 Å². The molecule has 6 nitrogen and oxygen atoms in total. The van der Waals surface area contributed by atoms with Crippen LogP contribution in [0.5, 0.6) is 0 Å². The van der Waals surface area contributed by atoms with Crippen molar-refractivity contribution in [2.24, 2.45) is 12.9 Å². The summed E-state index contributed by atoms with van der Waals surface area (Å²) in [5.74, 6) is 5.89. The predicted molar refractivity (Wildman–Crippen MR) is 75.2 cm³/mol. The molecule has 1 aromatic heterocycles. The van der Waals surface area contributed by atoms with Gasteiger partial charge in [-0.1, -0.05) is 19.1 Å². The van der Waals surface area contributed by atoms with E-state index in [9.17, 15) is 0 Å². The van der Waals surface area contributed by atoms with Gasteiger partial charge in [-0.05, 0) is 38.8 Å². The van der Waals surface area contributed by atoms with Gasteiger partial charge in [-0.15, -0.1) is 5.10 Å². The van der Waals surface area contributed by atoms with Crippen LogP contribution in [0.4, 0.5) is 0 Å². The Morgan fingerprint density at radius 3 is 2.42 bits per heavy atom. The highest BCUT2D eigenvalue weighted by molar-refractivity contribution is 5.13. The fraction of sp³-hybridized carbons (Fsp3) is 0.846. The second-order valence-electron chi connectivity index (χ2n) is 5.39. The first kappa shape index (κ1) is 14.4. The van der Waals surface area contributed by atoms with E-state index in [0.29, 0.717) is 0 Å². The number of nitrogens with two attached hydrogens (primary N) is 1. The first-order chi connectivity index (χ1) is 9.19. The van der Waals surface area contributed by atoms with Crippen LogP contribution in [-0.2, 0) is 7.05 Å². The maximum Gasteiger partial charge on any atom is 0.0828 e. The minimum Gasteiger partial charge on any atom is -0.296 e. The number of nitrogens with zero attached hydrogens (tertiary/aromatic N) is 4. The fourth-order valence-corrected chi connectivity index (χ4v) is 3.53. The molecule has 0 amide bonds. The van der Waals surface area contributed by atoms with Gasteiger partial charge in [0.15, 0.2) is 0 Å². The maximum absolute atomic E-state index is 5.89. The Hall–Kier alpha value is -0.980. The number of rotatable bonds is 6. The summed E-state index contributed by atoms with van der Waals surface area (Å²) in [4.78, 5) is 2.59. The normalized spacial score (nSPS) is 18.9. The summed E-state index contributed by atoms with van der Waals surface area (Å²) in [7, 11) is 1.92. The Kier molecular flexibility index (Phi) is 4.54. The molecule has 1 unspecified atom stereocenters. The quantitative estimate of drug-likeness (QED) is 0.593. The third-order valence-corrected chi connectivity index (χ3v) is 4.71. The third-order valence-electron chi connectivity index (χ3n) is 4.71. The van der Waals surface area contributed by atoms with Crippen molar-refractivity contribution in [3.05, 3.63) is 11.9 Å². The molecule has 0 spiro atoms. The van der Waals surface area contributed by atoms with Gasteiger partial charge in [0.1, 0.15) is 0 Å². The smallest absolute Gasteiger partial charge is 0.0828 e. The zero-order valence-electron chi connectivity index (χ0n) is 12.3. The summed E-state index contributed by atoms with van der Waals surface area (Å²) in [5, 5.41) is 8.04. The summed E-state index contributed by atoms with van der Waals surface area (Å²) < 4.78 is 1.82. The lowest BCUT2D eigenvalue weighted by Crippen LogP contribution is -2.56. The molecule has 1 atom stereocenters. The number of nitrogens with one attached hydrogen (secondary N) is 1. The van der Waals surface area contributed by atoms with Crippen LogP contribution in [0.1, 0.15) is 51.3 Å². The molecule has 1 aliphatic rings. The monoisotopic (exact) mass is 266 g/mol. The van der Waals surface area contributed by atoms with Gasteiger partial charge < -0.3 is 0 Å². The number of aromatic nitrogens is 3. The van der Waals surface area contributed by atoms with E-state index in [4.69, 9.17) is 5.84 Å². The van der Waals surface area contributed by atoms with Gasteiger partial charge in [-0.25, -0.2) is 5.43 Å². The summed E-state index contributed by atoms with van der Waals surface area (Å²) in [6.45, 7) is 6.81. The van der Waals surface area contributed by atoms with Crippen molar-refractivity contribution in [2.75, 3.05) is 13.1 Å². The lowest BCUT2D eigenvalue weighted by molar-refractivity contribution is 0.0586. The third kappa shape index (κ3) is 2.40. The molecule has 3 N–H and O–H groups in total. The van der Waals surface area contributed by atoms with E-state index in [2.05, 4.69) is 34.5 Å². The average Bonchev–Trinajstić information content (AvgIpc) is 3.08. The van der Waals surface area contributed by atoms with Crippen LogP contribution in [0.2, 0.25) is 0 Å². The van der Waals surface area contributed by atoms with Gasteiger partial charge in [-0.2, -0.15) is 0 Å². The molecular formula is C13H26N6. The molecule has 0 bridgehead atoms. The maximum atomic E-state index is 5.89. The molecule has 0 aliphatic carbocycles. The van der Waals surface area contributed by atoms with Gasteiger partial charge in [0.05, 0.1) is 17.9 Å². The lowest BCUT2D eigenvalue weighted by Gasteiger charge is -2.46. The summed E-state index contributed by atoms with van der Waals surface area (Å²) in [6.07, 6.45) is 6.50. The Morgan fingerprint density at radius 1 is 1.37 bits per heavy atom. The van der Waals surface area contributed by atoms with E-state index in [1.807, 2.05) is 17.9 Å². The van der Waals surface area contributed by atoms with Crippen molar-refractivity contribution in [3.63, 3.8) is 0 Å². The van der Waals surface area contributed by atoms with E-state index >= 15 is 0 Å². The zero-order valence-corrected chi connectivity index (χ0v) is 12.3. The minimum atomic E-state index is 0.0424. The molecule has 1 aromatic rings. The summed E-state index contributed by atoms with van der Waals surface area (Å²) in [6, 6.07) is 0.0561. The van der Waals surface area contributed by atoms with Crippen LogP contribution in [0, 0.1) is 0 Å². The van der Waals surface area contributed by atoms with E-state index in [1.165, 1.54) is 12.8 Å². The van der Waals surface area contributed by atoms with Crippen LogP contribution < -0.4 is 11.3 Å². The molecule has 0 saturated carbocycles. The highest BCUT2D eigenvalue weighted by atomic mass is 15.4. The molecule has 2 heterocycles. The van der Waals surface area contributed by atoms with Gasteiger partial charge >= 0.3 is 0 Å². The molecule has 1 aliphatic heterocycles. The zero-order chi connectivity index (χ0) is 13.9. The molecule has 0 aromatic carbocycles. The lowest BCUT2D eigenvalue weighted by atomic mass is 9.81. The highest BCUT2D eigenvalue weighted by Gasteiger charge is 2.43. The molecule has 108 valence electrons. The van der Waals surface area contributed by atoms with Crippen molar-refractivity contribution in [2.45, 2.75) is 51.1 Å². The Morgan fingerprint density at radius 2 is 2.00 bits per heavy atom. The SMILES string of the molecule is CCC(CC)(C(NN)c1cnnn1C)N1CCCC1. The molecule has 6 heteroatoms. The number of likely N-dealkylation sites (tertiary alicyclic amines) is 1. The molecule has 0 radical (unpaired) electrons. The van der Waals surface area contributed by atoms with Crippen LogP contribution in [0.15, 0.2) is 6.20 Å². The van der Waals surface area contributed by atoms with Gasteiger partial charge in [0.25, 0.3) is 0 Å². The fourth-order valence-electron chi connectivity index (χ4n) is 3.53. The first-order valence-corrected chi connectivity index (χ1v) is 7.25. The Balaban J connectivity index is 2.37. The van der Waals surface area contributed by atoms with E-state index in [-0.39, 0.29) is 11.6 Å². The minimum absolute atomic E-state index is 0.0424. The van der Waals surface area contributed by atoms with Crippen LogP contribution in [-0.4, -0.2) is 38.5 Å². The highest BCUT2D eigenvalue weighted by Crippen LogP contribution is 2.38. The number of hydrogen-bond acceptors (Lipinski definition) is 5. The van der Waals surface area contributed by atoms with Gasteiger partial charge in [0.2, 0.25) is 0 Å². The van der Waals surface area contributed by atoms with Crippen LogP contribution >= 0.6 is 0 Å². The average molecular weight is 266 g/mol. The van der Waals surface area contributed by atoms with Crippen LogP contribution in [0.3, 0.4) is 0 Å².